The second kappa shape index (κ2) is 6.42. The van der Waals surface area contributed by atoms with Crippen LogP contribution in [0.5, 0.6) is 0 Å². The van der Waals surface area contributed by atoms with Crippen LogP contribution in [0.15, 0.2) is 77.3 Å². The molecule has 4 aromatic carbocycles. The van der Waals surface area contributed by atoms with E-state index in [1.807, 2.05) is 24.6 Å². The van der Waals surface area contributed by atoms with Crippen molar-refractivity contribution in [1.82, 2.24) is 0 Å². The Morgan fingerprint density at radius 2 is 1.58 bits per heavy atom. The lowest BCUT2D eigenvalue weighted by Crippen LogP contribution is -2.31. The molecule has 0 aliphatic rings. The lowest BCUT2D eigenvalue weighted by atomic mass is 9.96. The summed E-state index contributed by atoms with van der Waals surface area (Å²) in [6.45, 7) is 1.78. The van der Waals surface area contributed by atoms with Crippen LogP contribution in [0.1, 0.15) is 20.8 Å². The maximum absolute atomic E-state index is 7.87. The second-order valence-corrected chi connectivity index (χ2v) is 8.42. The summed E-state index contributed by atoms with van der Waals surface area (Å²) in [6.07, 6.45) is 1.72. The number of hydrogen-bond acceptors (Lipinski definition) is 1. The summed E-state index contributed by atoms with van der Waals surface area (Å²) in [4.78, 5) is 0. The van der Waals surface area contributed by atoms with Gasteiger partial charge in [-0.1, -0.05) is 54.6 Å². The van der Waals surface area contributed by atoms with E-state index in [9.17, 15) is 0 Å². The normalized spacial score (nSPS) is 13.7. The van der Waals surface area contributed by atoms with Crippen molar-refractivity contribution >= 4 is 43.5 Å². The van der Waals surface area contributed by atoms with Crippen LogP contribution >= 0.6 is 0 Å². The average molecular weight is 406 g/mol. The fourth-order valence-electron chi connectivity index (χ4n) is 4.84. The van der Waals surface area contributed by atoms with Crippen molar-refractivity contribution in [2.45, 2.75) is 20.7 Å². The first-order valence-corrected chi connectivity index (χ1v) is 10.5. The average Bonchev–Trinajstić information content (AvgIpc) is 3.18. The first-order chi connectivity index (χ1) is 16.2. The Kier molecular flexibility index (Phi) is 3.15. The number of fused-ring (bicyclic) bond motifs is 7. The highest BCUT2D eigenvalue weighted by Crippen LogP contribution is 2.41. The van der Waals surface area contributed by atoms with Gasteiger partial charge < -0.3 is 4.42 Å². The van der Waals surface area contributed by atoms with Gasteiger partial charge in [-0.05, 0) is 59.4 Å². The lowest BCUT2D eigenvalue weighted by molar-refractivity contribution is -0.660. The molecule has 0 spiro atoms. The minimum atomic E-state index is -2.15. The van der Waals surface area contributed by atoms with Gasteiger partial charge in [-0.3, -0.25) is 0 Å². The Balaban J connectivity index is 1.70. The van der Waals surface area contributed by atoms with Gasteiger partial charge >= 0.3 is 0 Å². The molecule has 0 atom stereocenters. The maximum Gasteiger partial charge on any atom is 0.216 e. The Hall–Kier alpha value is -3.65. The van der Waals surface area contributed by atoms with Crippen molar-refractivity contribution < 1.29 is 13.1 Å². The van der Waals surface area contributed by atoms with Crippen molar-refractivity contribution in [3.05, 3.63) is 89.6 Å². The van der Waals surface area contributed by atoms with Gasteiger partial charge in [0.15, 0.2) is 6.20 Å². The van der Waals surface area contributed by atoms with E-state index < -0.39 is 6.85 Å². The molecular formula is C29H24NO+. The number of hydrogen-bond donors (Lipinski definition) is 0. The molecule has 2 aromatic heterocycles. The van der Waals surface area contributed by atoms with Gasteiger partial charge in [-0.15, -0.1) is 0 Å². The van der Waals surface area contributed by atoms with Crippen LogP contribution in [0.2, 0.25) is 0 Å². The van der Waals surface area contributed by atoms with E-state index in [0.29, 0.717) is 5.56 Å². The molecule has 6 aromatic rings. The highest BCUT2D eigenvalue weighted by molar-refractivity contribution is 6.24. The number of benzene rings is 4. The van der Waals surface area contributed by atoms with Crippen molar-refractivity contribution in [2.24, 2.45) is 7.05 Å². The monoisotopic (exact) mass is 405 g/mol. The van der Waals surface area contributed by atoms with Gasteiger partial charge in [0.05, 0.1) is 5.56 Å². The summed E-state index contributed by atoms with van der Waals surface area (Å²) in [6, 6.07) is 23.2. The predicted octanol–water partition coefficient (Wildman–Crippen LogP) is 7.31. The molecule has 0 saturated heterocycles. The Bertz CT molecular complexity index is 1780. The summed E-state index contributed by atoms with van der Waals surface area (Å²) in [5.41, 5.74) is 5.80. The largest absolute Gasteiger partial charge is 0.455 e. The fourth-order valence-corrected chi connectivity index (χ4v) is 4.84. The van der Waals surface area contributed by atoms with Crippen LogP contribution in [0.25, 0.3) is 54.7 Å². The number of pyridine rings is 1. The molecule has 0 radical (unpaired) electrons. The molecule has 150 valence electrons. The van der Waals surface area contributed by atoms with E-state index in [4.69, 9.17) is 8.53 Å². The van der Waals surface area contributed by atoms with Crippen LogP contribution in [0.4, 0.5) is 0 Å². The van der Waals surface area contributed by atoms with Gasteiger partial charge in [-0.25, -0.2) is 4.57 Å². The molecule has 0 aliphatic carbocycles. The van der Waals surface area contributed by atoms with Crippen LogP contribution in [0.3, 0.4) is 0 Å². The van der Waals surface area contributed by atoms with E-state index in [1.54, 1.807) is 6.20 Å². The summed E-state index contributed by atoms with van der Waals surface area (Å²) in [7, 11) is 1.90. The maximum atomic E-state index is 7.87. The number of aryl methyl sites for hydroxylation is 4. The number of nitrogens with zero attached hydrogens (tertiary/aromatic N) is 1. The molecule has 0 amide bonds. The van der Waals surface area contributed by atoms with Gasteiger partial charge in [0.2, 0.25) is 5.69 Å². The number of furan rings is 1. The molecule has 0 bridgehead atoms. The van der Waals surface area contributed by atoms with E-state index in [0.717, 1.165) is 44.3 Å². The molecule has 0 unspecified atom stereocenters. The van der Waals surface area contributed by atoms with Gasteiger partial charge in [0.25, 0.3) is 0 Å². The lowest BCUT2D eigenvalue weighted by Gasteiger charge is -2.08. The standard InChI is InChI=1S/C29H24NO/c1-17-9-11-24-28-23-12-10-20-7-5-6-8-21(20)22(23)13-14-26(28)31-29(24)27(17)25-15-18(2)19(3)16-30(25)4/h5-16H,1-4H3/q+1/i3D3. The van der Waals surface area contributed by atoms with Crippen molar-refractivity contribution in [3.63, 3.8) is 0 Å². The van der Waals surface area contributed by atoms with E-state index in [2.05, 4.69) is 67.6 Å². The van der Waals surface area contributed by atoms with Gasteiger partial charge in [-0.2, -0.15) is 0 Å². The van der Waals surface area contributed by atoms with Crippen molar-refractivity contribution in [1.29, 1.82) is 0 Å². The summed E-state index contributed by atoms with van der Waals surface area (Å²) < 4.78 is 32.0. The fraction of sp³-hybridized carbons (Fsp3) is 0.138. The molecular weight excluding hydrogens is 378 g/mol. The third-order valence-corrected chi connectivity index (χ3v) is 6.47. The topological polar surface area (TPSA) is 17.0 Å². The SMILES string of the molecule is [2H]C([2H])([2H])c1c[n+](C)c(-c2c(C)ccc3c2oc2ccc4c5ccccc5ccc4c23)cc1C. The zero-order valence-electron chi connectivity index (χ0n) is 20.8. The summed E-state index contributed by atoms with van der Waals surface area (Å²) in [5, 5.41) is 7.00. The van der Waals surface area contributed by atoms with E-state index in [-0.39, 0.29) is 0 Å². The first kappa shape index (κ1) is 15.2. The second-order valence-electron chi connectivity index (χ2n) is 8.42. The third-order valence-electron chi connectivity index (χ3n) is 6.47. The smallest absolute Gasteiger partial charge is 0.216 e. The summed E-state index contributed by atoms with van der Waals surface area (Å²) >= 11 is 0. The first-order valence-electron chi connectivity index (χ1n) is 12.0. The molecule has 6 rings (SSSR count). The third kappa shape index (κ3) is 2.55. The number of rotatable bonds is 1. The molecule has 0 N–H and O–H groups in total. The van der Waals surface area contributed by atoms with Gasteiger partial charge in [0, 0.05) is 26.5 Å². The minimum Gasteiger partial charge on any atom is -0.455 e. The minimum absolute atomic E-state index is 0.367. The molecule has 0 fully saturated rings. The highest BCUT2D eigenvalue weighted by atomic mass is 16.3. The molecule has 0 aliphatic heterocycles. The predicted molar refractivity (Wildman–Crippen MR) is 130 cm³/mol. The van der Waals surface area contributed by atoms with Crippen molar-refractivity contribution in [3.8, 4) is 11.3 Å². The zero-order valence-corrected chi connectivity index (χ0v) is 17.8. The van der Waals surface area contributed by atoms with Crippen LogP contribution < -0.4 is 4.57 Å². The Morgan fingerprint density at radius 3 is 2.45 bits per heavy atom. The Morgan fingerprint density at radius 1 is 0.774 bits per heavy atom. The molecule has 31 heavy (non-hydrogen) atoms. The van der Waals surface area contributed by atoms with Crippen LogP contribution in [-0.2, 0) is 7.05 Å². The quantitative estimate of drug-likeness (QED) is 0.207. The van der Waals surface area contributed by atoms with Gasteiger partial charge in [0.1, 0.15) is 18.2 Å². The molecule has 2 nitrogen and oxygen atoms in total. The van der Waals surface area contributed by atoms with E-state index in [1.165, 1.54) is 21.5 Å². The van der Waals surface area contributed by atoms with Crippen LogP contribution in [-0.4, -0.2) is 0 Å². The summed E-state index contributed by atoms with van der Waals surface area (Å²) in [5.74, 6) is 0. The molecule has 0 saturated carbocycles. The Labute approximate surface area is 185 Å². The zero-order chi connectivity index (χ0) is 23.8. The molecule has 2 heterocycles. The molecule has 2 heteroatoms. The number of aromatic nitrogens is 1. The van der Waals surface area contributed by atoms with E-state index >= 15 is 0 Å². The van der Waals surface area contributed by atoms with Crippen LogP contribution in [0, 0.1) is 20.7 Å². The van der Waals surface area contributed by atoms with Crippen molar-refractivity contribution in [2.75, 3.05) is 0 Å². The highest BCUT2D eigenvalue weighted by Gasteiger charge is 2.22.